The lowest BCUT2D eigenvalue weighted by Gasteiger charge is -2.16. The zero-order chi connectivity index (χ0) is 21.5. The summed E-state index contributed by atoms with van der Waals surface area (Å²) in [6.07, 6.45) is 1.41. The van der Waals surface area contributed by atoms with Crippen LogP contribution in [-0.2, 0) is 38.3 Å². The Hall–Kier alpha value is -2.95. The number of esters is 1. The summed E-state index contributed by atoms with van der Waals surface area (Å²) in [4.78, 5) is 48.0. The fourth-order valence-corrected chi connectivity index (χ4v) is 4.26. The van der Waals surface area contributed by atoms with Crippen LogP contribution in [0.25, 0.3) is 11.0 Å². The normalized spacial score (nSPS) is 14.0. The number of hydrogen-bond acceptors (Lipinski definition) is 7. The molecule has 1 aliphatic carbocycles. The molecule has 1 aromatic heterocycles. The van der Waals surface area contributed by atoms with E-state index in [-0.39, 0.29) is 40.0 Å². The van der Waals surface area contributed by atoms with Gasteiger partial charge < -0.3 is 19.2 Å². The summed E-state index contributed by atoms with van der Waals surface area (Å²) in [7, 11) is -1.48. The predicted molar refractivity (Wildman–Crippen MR) is 104 cm³/mol. The van der Waals surface area contributed by atoms with Crippen LogP contribution in [-0.4, -0.2) is 41.8 Å². The van der Waals surface area contributed by atoms with E-state index in [1.54, 1.807) is 6.92 Å². The van der Waals surface area contributed by atoms with Crippen molar-refractivity contribution in [2.45, 2.75) is 24.7 Å². The van der Waals surface area contributed by atoms with Crippen LogP contribution >= 0.6 is 0 Å². The number of aryl methyl sites for hydroxylation is 2. The lowest BCUT2D eigenvalue weighted by molar-refractivity contribution is -0.140. The first-order valence-electron chi connectivity index (χ1n) is 8.99. The van der Waals surface area contributed by atoms with Crippen molar-refractivity contribution in [3.63, 3.8) is 0 Å². The number of amides is 1. The number of fused-ring (bicyclic) bond motifs is 1. The van der Waals surface area contributed by atoms with Crippen LogP contribution in [0.4, 0.5) is 5.69 Å². The molecular formula is C18H21N3O7S. The monoisotopic (exact) mass is 423 g/mol. The first kappa shape index (κ1) is 20.8. The molecule has 1 amide bonds. The van der Waals surface area contributed by atoms with Gasteiger partial charge in [0.25, 0.3) is 0 Å². The van der Waals surface area contributed by atoms with Gasteiger partial charge in [0.05, 0.1) is 28.2 Å². The molecule has 1 aliphatic rings. The summed E-state index contributed by atoms with van der Waals surface area (Å²) in [5, 5.41) is 2.58. The first-order valence-corrected chi connectivity index (χ1v) is 10.6. The molecule has 10 nitrogen and oxygen atoms in total. The summed E-state index contributed by atoms with van der Waals surface area (Å²) in [6, 6.07) is 2.52. The lowest BCUT2D eigenvalue weighted by Crippen LogP contribution is -2.39. The Morgan fingerprint density at radius 1 is 1.10 bits per heavy atom. The van der Waals surface area contributed by atoms with E-state index in [1.165, 1.54) is 26.2 Å². The molecule has 156 valence electrons. The molecule has 0 saturated heterocycles. The van der Waals surface area contributed by atoms with Gasteiger partial charge in [-0.3, -0.25) is 19.2 Å². The minimum absolute atomic E-state index is 0.0218. The molecule has 1 heterocycles. The lowest BCUT2D eigenvalue weighted by atomic mass is 10.2. The maximum absolute atomic E-state index is 12.9. The van der Waals surface area contributed by atoms with Crippen LogP contribution in [0.5, 0.6) is 0 Å². The molecule has 3 rings (SSSR count). The average molecular weight is 423 g/mol. The number of nitrogens with zero attached hydrogens (tertiary/aromatic N) is 2. The smallest absolute Gasteiger partial charge is 0.321 e. The molecule has 2 aromatic rings. The van der Waals surface area contributed by atoms with Crippen LogP contribution in [0.3, 0.4) is 0 Å². The Morgan fingerprint density at radius 3 is 2.17 bits per heavy atom. The number of nitrogens with one attached hydrogen (secondary N) is 1. The number of ether oxygens (including phenoxy) is 1. The fraction of sp³-hybridized carbons (Fsp3) is 0.444. The van der Waals surface area contributed by atoms with E-state index >= 15 is 0 Å². The second-order valence-corrected chi connectivity index (χ2v) is 8.85. The summed E-state index contributed by atoms with van der Waals surface area (Å²) >= 11 is 0. The maximum Gasteiger partial charge on any atom is 0.321 e. The van der Waals surface area contributed by atoms with Gasteiger partial charge >= 0.3 is 17.1 Å². The fourth-order valence-electron chi connectivity index (χ4n) is 2.97. The Morgan fingerprint density at radius 2 is 1.66 bits per heavy atom. The van der Waals surface area contributed by atoms with E-state index in [4.69, 9.17) is 4.74 Å². The second-order valence-electron chi connectivity index (χ2n) is 6.89. The van der Waals surface area contributed by atoms with Gasteiger partial charge in [-0.1, -0.05) is 0 Å². The molecule has 0 radical (unpaired) electrons. The van der Waals surface area contributed by atoms with Gasteiger partial charge in [-0.05, 0) is 31.9 Å². The van der Waals surface area contributed by atoms with Crippen molar-refractivity contribution in [3.8, 4) is 0 Å². The molecule has 1 saturated carbocycles. The topological polar surface area (TPSA) is 134 Å². The Balaban J connectivity index is 2.24. The van der Waals surface area contributed by atoms with Crippen LogP contribution in [0.1, 0.15) is 19.8 Å². The van der Waals surface area contributed by atoms with E-state index in [1.807, 2.05) is 0 Å². The van der Waals surface area contributed by atoms with Gasteiger partial charge in [0.1, 0.15) is 0 Å². The predicted octanol–water partition coefficient (Wildman–Crippen LogP) is -0.0775. The third-order valence-corrected chi connectivity index (χ3v) is 6.37. The third kappa shape index (κ3) is 3.95. The molecule has 0 atom stereocenters. The van der Waals surface area contributed by atoms with Gasteiger partial charge in [-0.15, -0.1) is 0 Å². The zero-order valence-electron chi connectivity index (χ0n) is 16.2. The van der Waals surface area contributed by atoms with E-state index in [2.05, 4.69) is 5.32 Å². The van der Waals surface area contributed by atoms with Gasteiger partial charge in [-0.25, -0.2) is 8.42 Å². The Labute approximate surface area is 166 Å². The molecule has 1 N–H and O–H groups in total. The maximum atomic E-state index is 12.9. The van der Waals surface area contributed by atoms with Crippen LogP contribution in [0.15, 0.2) is 26.6 Å². The highest BCUT2D eigenvalue weighted by Gasteiger charge is 2.32. The second kappa shape index (κ2) is 7.47. The number of hydrogen-bond donors (Lipinski definition) is 1. The third-order valence-electron chi connectivity index (χ3n) is 4.75. The molecule has 1 aromatic carbocycles. The largest absolute Gasteiger partial charge is 0.465 e. The van der Waals surface area contributed by atoms with Crippen molar-refractivity contribution >= 4 is 38.4 Å². The van der Waals surface area contributed by atoms with E-state index in [9.17, 15) is 27.6 Å². The molecule has 0 bridgehead atoms. The molecule has 29 heavy (non-hydrogen) atoms. The average Bonchev–Trinajstić information content (AvgIpc) is 3.49. The van der Waals surface area contributed by atoms with E-state index < -0.39 is 32.7 Å². The van der Waals surface area contributed by atoms with Crippen molar-refractivity contribution in [3.05, 3.63) is 32.8 Å². The molecular weight excluding hydrogens is 402 g/mol. The van der Waals surface area contributed by atoms with Gasteiger partial charge in [-0.2, -0.15) is 0 Å². The number of carbonyl (C=O) groups excluding carboxylic acids is 2. The number of carbonyl (C=O) groups is 2. The molecule has 0 unspecified atom stereocenters. The van der Waals surface area contributed by atoms with Crippen molar-refractivity contribution in [2.75, 3.05) is 17.7 Å². The Kier molecular flexibility index (Phi) is 5.35. The van der Waals surface area contributed by atoms with Gasteiger partial charge in [0, 0.05) is 20.0 Å². The summed E-state index contributed by atoms with van der Waals surface area (Å²) < 4.78 is 32.6. The number of rotatable bonds is 6. The molecule has 0 aliphatic heterocycles. The Bertz CT molecular complexity index is 1240. The summed E-state index contributed by atoms with van der Waals surface area (Å²) in [5.74, 6) is -2.39. The highest BCUT2D eigenvalue weighted by atomic mass is 32.2. The number of benzene rings is 1. The van der Waals surface area contributed by atoms with Crippen LogP contribution < -0.4 is 16.4 Å². The minimum atomic E-state index is -4.20. The van der Waals surface area contributed by atoms with Crippen LogP contribution in [0.2, 0.25) is 0 Å². The van der Waals surface area contributed by atoms with Gasteiger partial charge in [0.15, 0.2) is 15.6 Å². The highest BCUT2D eigenvalue weighted by Crippen LogP contribution is 2.33. The minimum Gasteiger partial charge on any atom is -0.465 e. The zero-order valence-corrected chi connectivity index (χ0v) is 17.0. The number of aromatic nitrogens is 2. The summed E-state index contributed by atoms with van der Waals surface area (Å²) in [6.45, 7) is 1.58. The van der Waals surface area contributed by atoms with Gasteiger partial charge in [0.2, 0.25) is 5.91 Å². The van der Waals surface area contributed by atoms with E-state index in [0.717, 1.165) is 9.13 Å². The number of anilines is 1. The molecule has 11 heteroatoms. The van der Waals surface area contributed by atoms with Crippen LogP contribution in [0, 0.1) is 5.92 Å². The van der Waals surface area contributed by atoms with Crippen molar-refractivity contribution < 1.29 is 22.7 Å². The molecule has 1 fully saturated rings. The first-order chi connectivity index (χ1) is 13.6. The standard InChI is InChI=1S/C18H21N3O7S/c1-4-28-15(22)9-29(26,27)14-8-13-12(20(2)17(24)18(25)21(13)3)7-11(14)19-16(23)10-5-6-10/h7-8,10H,4-6,9H2,1-3H3,(H,19,23). The number of sulfone groups is 1. The SMILES string of the molecule is CCOC(=O)CS(=O)(=O)c1cc2c(cc1NC(=O)C1CC1)n(C)c(=O)c(=O)n2C. The van der Waals surface area contributed by atoms with E-state index in [0.29, 0.717) is 12.8 Å². The highest BCUT2D eigenvalue weighted by molar-refractivity contribution is 7.92. The molecule has 0 spiro atoms. The quantitative estimate of drug-likeness (QED) is 0.507. The van der Waals surface area contributed by atoms with Crippen molar-refractivity contribution in [1.29, 1.82) is 0 Å². The van der Waals surface area contributed by atoms with Crippen molar-refractivity contribution in [1.82, 2.24) is 9.13 Å². The summed E-state index contributed by atoms with van der Waals surface area (Å²) in [5.41, 5.74) is -1.24. The van der Waals surface area contributed by atoms with Crippen molar-refractivity contribution in [2.24, 2.45) is 20.0 Å².